The Morgan fingerprint density at radius 2 is 2.22 bits per heavy atom. The van der Waals surface area contributed by atoms with Gasteiger partial charge in [0, 0.05) is 39.8 Å². The van der Waals surface area contributed by atoms with Gasteiger partial charge in [0.15, 0.2) is 0 Å². The maximum Gasteiger partial charge on any atom is 0.130 e. The normalized spacial score (nSPS) is 19.5. The van der Waals surface area contributed by atoms with E-state index in [9.17, 15) is 9.32 Å². The van der Waals surface area contributed by atoms with Gasteiger partial charge in [-0.2, -0.15) is 0 Å². The molecular weight excluding hydrogens is 378 g/mol. The third-order valence-corrected chi connectivity index (χ3v) is 6.07. The first-order valence-corrected chi connectivity index (χ1v) is 9.79. The summed E-state index contributed by atoms with van der Waals surface area (Å²) in [5.41, 5.74) is 3.08. The van der Waals surface area contributed by atoms with Crippen molar-refractivity contribution in [3.63, 3.8) is 0 Å². The SMILES string of the molecule is CN1Cn2c3ccc(O)c(Br)c3c3ccnc(c32)[C@@H]1C[S@@](C)=O. The average molecular weight is 394 g/mol. The molecule has 3 aromatic rings. The van der Waals surface area contributed by atoms with Crippen LogP contribution in [0.2, 0.25) is 0 Å². The van der Waals surface area contributed by atoms with E-state index >= 15 is 0 Å². The van der Waals surface area contributed by atoms with Crippen molar-refractivity contribution < 1.29 is 9.32 Å². The largest absolute Gasteiger partial charge is 0.507 e. The number of halogens is 1. The van der Waals surface area contributed by atoms with Crippen molar-refractivity contribution >= 4 is 48.5 Å². The first-order valence-electron chi connectivity index (χ1n) is 7.27. The van der Waals surface area contributed by atoms with E-state index in [0.29, 0.717) is 16.9 Å². The molecule has 2 aromatic heterocycles. The summed E-state index contributed by atoms with van der Waals surface area (Å²) in [6.45, 7) is 0.706. The number of aromatic hydroxyl groups is 1. The molecule has 3 heterocycles. The molecule has 0 fully saturated rings. The number of phenolic OH excluding ortho intramolecular Hbond substituents is 1. The van der Waals surface area contributed by atoms with E-state index in [-0.39, 0.29) is 11.8 Å². The van der Waals surface area contributed by atoms with Crippen LogP contribution in [0.3, 0.4) is 0 Å². The number of hydrogen-bond acceptors (Lipinski definition) is 4. The predicted molar refractivity (Wildman–Crippen MR) is 96.0 cm³/mol. The molecule has 120 valence electrons. The van der Waals surface area contributed by atoms with E-state index in [1.807, 2.05) is 19.2 Å². The highest BCUT2D eigenvalue weighted by atomic mass is 79.9. The zero-order valence-corrected chi connectivity index (χ0v) is 15.2. The fraction of sp³-hybridized carbons (Fsp3) is 0.312. The summed E-state index contributed by atoms with van der Waals surface area (Å²) >= 11 is 3.51. The van der Waals surface area contributed by atoms with E-state index < -0.39 is 10.8 Å². The second kappa shape index (κ2) is 5.29. The molecule has 7 heteroatoms. The molecule has 1 N–H and O–H groups in total. The number of rotatable bonds is 2. The lowest BCUT2D eigenvalue weighted by atomic mass is 10.1. The van der Waals surface area contributed by atoms with Crippen LogP contribution in [0.4, 0.5) is 0 Å². The Kier molecular flexibility index (Phi) is 3.48. The van der Waals surface area contributed by atoms with Crippen LogP contribution in [0.15, 0.2) is 28.9 Å². The zero-order valence-electron chi connectivity index (χ0n) is 12.8. The molecule has 0 bridgehead atoms. The Hall–Kier alpha value is -1.44. The van der Waals surface area contributed by atoms with Crippen LogP contribution in [0, 0.1) is 0 Å². The first-order chi connectivity index (χ1) is 11.0. The second-order valence-electron chi connectivity index (χ2n) is 5.97. The van der Waals surface area contributed by atoms with Gasteiger partial charge in [-0.1, -0.05) is 0 Å². The summed E-state index contributed by atoms with van der Waals surface area (Å²) in [6, 6.07) is 5.65. The maximum absolute atomic E-state index is 11.8. The van der Waals surface area contributed by atoms with Crippen LogP contribution < -0.4 is 0 Å². The van der Waals surface area contributed by atoms with E-state index in [1.54, 1.807) is 18.5 Å². The predicted octanol–water partition coefficient (Wildman–Crippen LogP) is 2.98. The molecule has 1 aromatic carbocycles. The molecule has 0 saturated heterocycles. The Morgan fingerprint density at radius 1 is 1.43 bits per heavy atom. The van der Waals surface area contributed by atoms with Gasteiger partial charge in [0.1, 0.15) is 5.75 Å². The van der Waals surface area contributed by atoms with E-state index in [4.69, 9.17) is 0 Å². The number of nitrogens with zero attached hydrogens (tertiary/aromatic N) is 3. The third kappa shape index (κ3) is 2.14. The summed E-state index contributed by atoms with van der Waals surface area (Å²) in [5.74, 6) is 0.796. The number of hydrogen-bond donors (Lipinski definition) is 1. The van der Waals surface area contributed by atoms with E-state index in [2.05, 4.69) is 30.4 Å². The molecule has 23 heavy (non-hydrogen) atoms. The van der Waals surface area contributed by atoms with Crippen molar-refractivity contribution in [3.8, 4) is 5.75 Å². The highest BCUT2D eigenvalue weighted by Crippen LogP contribution is 2.43. The lowest BCUT2D eigenvalue weighted by molar-refractivity contribution is 0.201. The van der Waals surface area contributed by atoms with Crippen molar-refractivity contribution in [2.75, 3.05) is 19.1 Å². The molecule has 1 aliphatic rings. The molecule has 0 radical (unpaired) electrons. The van der Waals surface area contributed by atoms with Gasteiger partial charge in [-0.15, -0.1) is 0 Å². The van der Waals surface area contributed by atoms with Gasteiger partial charge >= 0.3 is 0 Å². The van der Waals surface area contributed by atoms with Crippen molar-refractivity contribution in [3.05, 3.63) is 34.6 Å². The Morgan fingerprint density at radius 3 is 2.96 bits per heavy atom. The number of phenols is 1. The lowest BCUT2D eigenvalue weighted by Gasteiger charge is -2.33. The van der Waals surface area contributed by atoms with Gasteiger partial charge < -0.3 is 9.67 Å². The van der Waals surface area contributed by atoms with Crippen molar-refractivity contribution in [1.82, 2.24) is 14.5 Å². The highest BCUT2D eigenvalue weighted by Gasteiger charge is 2.30. The molecule has 0 saturated carbocycles. The molecular formula is C16H16BrN3O2S. The van der Waals surface area contributed by atoms with Crippen LogP contribution in [0.5, 0.6) is 5.75 Å². The average Bonchev–Trinajstić information content (AvgIpc) is 2.82. The Labute approximate surface area is 144 Å². The minimum atomic E-state index is -0.896. The van der Waals surface area contributed by atoms with Gasteiger partial charge in [-0.25, -0.2) is 0 Å². The number of fused-ring (bicyclic) bond motifs is 3. The fourth-order valence-electron chi connectivity index (χ4n) is 3.46. The van der Waals surface area contributed by atoms with Crippen LogP contribution in [-0.4, -0.2) is 42.8 Å². The lowest BCUT2D eigenvalue weighted by Crippen LogP contribution is -2.35. The Balaban J connectivity index is 2.11. The van der Waals surface area contributed by atoms with Crippen molar-refractivity contribution in [1.29, 1.82) is 0 Å². The molecule has 5 nitrogen and oxygen atoms in total. The summed E-state index contributed by atoms with van der Waals surface area (Å²) in [4.78, 5) is 6.77. The third-order valence-electron chi connectivity index (χ3n) is 4.49. The Bertz CT molecular complexity index is 969. The van der Waals surface area contributed by atoms with Gasteiger partial charge in [-0.3, -0.25) is 14.1 Å². The summed E-state index contributed by atoms with van der Waals surface area (Å²) in [6.07, 6.45) is 3.52. The van der Waals surface area contributed by atoms with Gasteiger partial charge in [0.25, 0.3) is 0 Å². The maximum atomic E-state index is 11.8. The topological polar surface area (TPSA) is 58.4 Å². The molecule has 0 aliphatic carbocycles. The van der Waals surface area contributed by atoms with Gasteiger partial charge in [-0.05, 0) is 41.2 Å². The minimum Gasteiger partial charge on any atom is -0.507 e. The standard InChI is InChI=1S/C16H16BrN3O2S/c1-19-8-20-10-3-4-12(21)14(17)13(10)9-5-6-18-15(16(9)20)11(19)7-23(2)22/h3-6,11,21H,7-8H2,1-2H3/t11-,23+/m0/s1. The molecule has 4 rings (SSSR count). The number of aromatic nitrogens is 2. The summed E-state index contributed by atoms with van der Waals surface area (Å²) < 4.78 is 14.7. The summed E-state index contributed by atoms with van der Waals surface area (Å²) in [5, 5.41) is 12.1. The van der Waals surface area contributed by atoms with Crippen molar-refractivity contribution in [2.45, 2.75) is 12.7 Å². The molecule has 0 amide bonds. The van der Waals surface area contributed by atoms with Crippen LogP contribution in [0.1, 0.15) is 11.7 Å². The summed E-state index contributed by atoms with van der Waals surface area (Å²) in [7, 11) is 1.13. The van der Waals surface area contributed by atoms with E-state index in [1.165, 1.54) is 0 Å². The van der Waals surface area contributed by atoms with Crippen LogP contribution in [-0.2, 0) is 17.5 Å². The zero-order chi connectivity index (χ0) is 16.3. The minimum absolute atomic E-state index is 0.0359. The number of benzene rings is 1. The highest BCUT2D eigenvalue weighted by molar-refractivity contribution is 9.10. The second-order valence-corrected chi connectivity index (χ2v) is 8.24. The molecule has 0 spiro atoms. The quantitative estimate of drug-likeness (QED) is 0.726. The van der Waals surface area contributed by atoms with Crippen molar-refractivity contribution in [2.24, 2.45) is 0 Å². The molecule has 2 atom stereocenters. The monoisotopic (exact) mass is 393 g/mol. The number of pyridine rings is 1. The molecule has 1 aliphatic heterocycles. The van der Waals surface area contributed by atoms with E-state index in [0.717, 1.165) is 27.5 Å². The fourth-order valence-corrected chi connectivity index (χ4v) is 4.87. The van der Waals surface area contributed by atoms with Crippen LogP contribution >= 0.6 is 15.9 Å². The van der Waals surface area contributed by atoms with Gasteiger partial charge in [0.2, 0.25) is 0 Å². The van der Waals surface area contributed by atoms with Crippen LogP contribution in [0.25, 0.3) is 21.8 Å². The smallest absolute Gasteiger partial charge is 0.130 e. The first kappa shape index (κ1) is 15.1. The van der Waals surface area contributed by atoms with Gasteiger partial charge in [0.05, 0.1) is 33.9 Å². The molecule has 0 unspecified atom stereocenters.